The molecule has 0 spiro atoms. The number of rotatable bonds is 1. The van der Waals surface area contributed by atoms with Gasteiger partial charge in [0.1, 0.15) is 0 Å². The van der Waals surface area contributed by atoms with Crippen molar-refractivity contribution in [1.29, 1.82) is 0 Å². The summed E-state index contributed by atoms with van der Waals surface area (Å²) in [7, 11) is 0. The Morgan fingerprint density at radius 3 is 2.82 bits per heavy atom. The van der Waals surface area contributed by atoms with E-state index in [0.717, 1.165) is 32.2 Å². The molecule has 17 heavy (non-hydrogen) atoms. The maximum Gasteiger partial charge on any atom is 0.226 e. The fraction of sp³-hybridized carbons (Fsp3) is 0.923. The maximum atomic E-state index is 12.5. The third kappa shape index (κ3) is 2.80. The molecule has 1 heterocycles. The number of hydrogen-bond acceptors (Lipinski definition) is 3. The van der Waals surface area contributed by atoms with Crippen molar-refractivity contribution in [2.24, 2.45) is 11.7 Å². The Bertz CT molecular complexity index is 283. The lowest BCUT2D eigenvalue weighted by atomic mass is 9.85. The summed E-state index contributed by atoms with van der Waals surface area (Å²) in [5.74, 6) is 0.439. The molecule has 4 atom stereocenters. The Morgan fingerprint density at radius 1 is 1.35 bits per heavy atom. The van der Waals surface area contributed by atoms with Gasteiger partial charge in [0.2, 0.25) is 5.91 Å². The number of morpholine rings is 1. The van der Waals surface area contributed by atoms with Crippen LogP contribution in [-0.2, 0) is 9.53 Å². The van der Waals surface area contributed by atoms with Crippen LogP contribution < -0.4 is 5.73 Å². The van der Waals surface area contributed by atoms with Gasteiger partial charge in [-0.1, -0.05) is 6.42 Å². The molecule has 2 rings (SSSR count). The lowest BCUT2D eigenvalue weighted by Gasteiger charge is -2.40. The second kappa shape index (κ2) is 5.36. The molecule has 0 aromatic rings. The zero-order valence-electron chi connectivity index (χ0n) is 10.9. The molecule has 2 N–H and O–H groups in total. The van der Waals surface area contributed by atoms with Crippen molar-refractivity contribution in [1.82, 2.24) is 4.90 Å². The largest absolute Gasteiger partial charge is 0.375 e. The standard InChI is InChI=1S/C13H24N2O2/c1-9-10(2)17-7-6-15(9)13(16)11-4-3-5-12(14)8-11/h9-12H,3-8,14H2,1-2H3. The first-order chi connectivity index (χ1) is 8.09. The highest BCUT2D eigenvalue weighted by Gasteiger charge is 2.34. The Labute approximate surface area is 103 Å². The summed E-state index contributed by atoms with van der Waals surface area (Å²) < 4.78 is 5.56. The number of carbonyl (C=O) groups is 1. The SMILES string of the molecule is CC1OCCN(C(=O)C2CCCC(N)C2)C1C. The Kier molecular flexibility index (Phi) is 4.05. The van der Waals surface area contributed by atoms with Crippen LogP contribution in [0.5, 0.6) is 0 Å². The molecule has 4 heteroatoms. The van der Waals surface area contributed by atoms with Gasteiger partial charge in [0.15, 0.2) is 0 Å². The molecule has 1 saturated carbocycles. The van der Waals surface area contributed by atoms with Crippen LogP contribution in [0.15, 0.2) is 0 Å². The molecular weight excluding hydrogens is 216 g/mol. The van der Waals surface area contributed by atoms with E-state index in [1.165, 1.54) is 0 Å². The third-order valence-electron chi connectivity index (χ3n) is 4.23. The lowest BCUT2D eigenvalue weighted by molar-refractivity contribution is -0.149. The first-order valence-electron chi connectivity index (χ1n) is 6.77. The molecule has 4 unspecified atom stereocenters. The van der Waals surface area contributed by atoms with E-state index in [9.17, 15) is 4.79 Å². The summed E-state index contributed by atoms with van der Waals surface area (Å²) in [5, 5.41) is 0. The normalized spacial score (nSPS) is 39.1. The van der Waals surface area contributed by atoms with Crippen LogP contribution in [0.2, 0.25) is 0 Å². The van der Waals surface area contributed by atoms with E-state index in [2.05, 4.69) is 6.92 Å². The van der Waals surface area contributed by atoms with Crippen molar-refractivity contribution < 1.29 is 9.53 Å². The predicted octanol–water partition coefficient (Wildman–Crippen LogP) is 1.14. The third-order valence-corrected chi connectivity index (χ3v) is 4.23. The van der Waals surface area contributed by atoms with E-state index >= 15 is 0 Å². The predicted molar refractivity (Wildman–Crippen MR) is 66.5 cm³/mol. The van der Waals surface area contributed by atoms with Crippen LogP contribution >= 0.6 is 0 Å². The Hall–Kier alpha value is -0.610. The minimum absolute atomic E-state index is 0.143. The van der Waals surface area contributed by atoms with Crippen molar-refractivity contribution in [3.8, 4) is 0 Å². The van der Waals surface area contributed by atoms with Crippen LogP contribution in [0.1, 0.15) is 39.5 Å². The Morgan fingerprint density at radius 2 is 2.12 bits per heavy atom. The fourth-order valence-corrected chi connectivity index (χ4v) is 2.93. The average molecular weight is 240 g/mol. The topological polar surface area (TPSA) is 55.6 Å². The number of carbonyl (C=O) groups excluding carboxylic acids is 1. The molecule has 0 bridgehead atoms. The quantitative estimate of drug-likeness (QED) is 0.748. The van der Waals surface area contributed by atoms with Crippen LogP contribution in [0.25, 0.3) is 0 Å². The highest BCUT2D eigenvalue weighted by Crippen LogP contribution is 2.27. The number of amides is 1. The summed E-state index contributed by atoms with van der Waals surface area (Å²) in [4.78, 5) is 14.5. The highest BCUT2D eigenvalue weighted by atomic mass is 16.5. The number of nitrogens with two attached hydrogens (primary N) is 1. The van der Waals surface area contributed by atoms with Gasteiger partial charge in [-0.2, -0.15) is 0 Å². The summed E-state index contributed by atoms with van der Waals surface area (Å²) >= 11 is 0. The van der Waals surface area contributed by atoms with Gasteiger partial charge in [-0.25, -0.2) is 0 Å². The second-order valence-electron chi connectivity index (χ2n) is 5.47. The van der Waals surface area contributed by atoms with E-state index in [4.69, 9.17) is 10.5 Å². The molecule has 1 aliphatic heterocycles. The molecule has 0 aromatic heterocycles. The highest BCUT2D eigenvalue weighted by molar-refractivity contribution is 5.79. The van der Waals surface area contributed by atoms with Crippen LogP contribution in [0.4, 0.5) is 0 Å². The van der Waals surface area contributed by atoms with Gasteiger partial charge >= 0.3 is 0 Å². The van der Waals surface area contributed by atoms with E-state index in [1.807, 2.05) is 11.8 Å². The van der Waals surface area contributed by atoms with Gasteiger partial charge in [0.05, 0.1) is 18.8 Å². The molecule has 1 saturated heterocycles. The molecular formula is C13H24N2O2. The summed E-state index contributed by atoms with van der Waals surface area (Å²) in [5.41, 5.74) is 5.96. The second-order valence-corrected chi connectivity index (χ2v) is 5.47. The zero-order chi connectivity index (χ0) is 12.4. The van der Waals surface area contributed by atoms with Crippen molar-refractivity contribution in [3.63, 3.8) is 0 Å². The minimum Gasteiger partial charge on any atom is -0.375 e. The van der Waals surface area contributed by atoms with Crippen LogP contribution in [0, 0.1) is 5.92 Å². The van der Waals surface area contributed by atoms with E-state index < -0.39 is 0 Å². The number of ether oxygens (including phenoxy) is 1. The van der Waals surface area contributed by atoms with E-state index in [1.54, 1.807) is 0 Å². The van der Waals surface area contributed by atoms with Gasteiger partial charge in [-0.3, -0.25) is 4.79 Å². The smallest absolute Gasteiger partial charge is 0.226 e. The van der Waals surface area contributed by atoms with Gasteiger partial charge < -0.3 is 15.4 Å². The summed E-state index contributed by atoms with van der Waals surface area (Å²) in [6.45, 7) is 5.51. The van der Waals surface area contributed by atoms with Gasteiger partial charge in [0.25, 0.3) is 0 Å². The summed E-state index contributed by atoms with van der Waals surface area (Å²) in [6, 6.07) is 0.404. The van der Waals surface area contributed by atoms with Gasteiger partial charge in [-0.15, -0.1) is 0 Å². The molecule has 0 aromatic carbocycles. The molecule has 1 amide bonds. The van der Waals surface area contributed by atoms with Crippen LogP contribution in [-0.4, -0.2) is 42.1 Å². The lowest BCUT2D eigenvalue weighted by Crippen LogP contribution is -2.53. The zero-order valence-corrected chi connectivity index (χ0v) is 10.9. The molecule has 0 radical (unpaired) electrons. The van der Waals surface area contributed by atoms with Crippen molar-refractivity contribution >= 4 is 5.91 Å². The van der Waals surface area contributed by atoms with Gasteiger partial charge in [-0.05, 0) is 33.1 Å². The molecule has 1 aliphatic carbocycles. The summed E-state index contributed by atoms with van der Waals surface area (Å²) in [6.07, 6.45) is 4.16. The first kappa shape index (κ1) is 12.8. The number of hydrogen-bond donors (Lipinski definition) is 1. The van der Waals surface area contributed by atoms with E-state index in [-0.39, 0.29) is 24.1 Å². The van der Waals surface area contributed by atoms with E-state index in [0.29, 0.717) is 12.5 Å². The minimum atomic E-state index is 0.143. The molecule has 4 nitrogen and oxygen atoms in total. The molecule has 98 valence electrons. The number of nitrogens with zero attached hydrogens (tertiary/aromatic N) is 1. The van der Waals surface area contributed by atoms with Crippen molar-refractivity contribution in [2.45, 2.75) is 57.7 Å². The van der Waals surface area contributed by atoms with Crippen LogP contribution in [0.3, 0.4) is 0 Å². The fourth-order valence-electron chi connectivity index (χ4n) is 2.93. The molecule has 2 aliphatic rings. The Balaban J connectivity index is 1.98. The maximum absolute atomic E-state index is 12.5. The first-order valence-corrected chi connectivity index (χ1v) is 6.77. The van der Waals surface area contributed by atoms with Crippen molar-refractivity contribution in [2.75, 3.05) is 13.2 Å². The van der Waals surface area contributed by atoms with Crippen molar-refractivity contribution in [3.05, 3.63) is 0 Å². The average Bonchev–Trinajstić information content (AvgIpc) is 2.32. The monoisotopic (exact) mass is 240 g/mol. The molecule has 2 fully saturated rings. The van der Waals surface area contributed by atoms with Gasteiger partial charge in [0, 0.05) is 18.5 Å².